The van der Waals surface area contributed by atoms with Gasteiger partial charge in [-0.3, -0.25) is 4.40 Å². The third kappa shape index (κ3) is 2.72. The van der Waals surface area contributed by atoms with E-state index in [9.17, 15) is 0 Å². The molecule has 5 nitrogen and oxygen atoms in total. The van der Waals surface area contributed by atoms with E-state index in [1.165, 1.54) is 5.39 Å². The fourth-order valence-corrected chi connectivity index (χ4v) is 4.54. The maximum Gasteiger partial charge on any atom is 0.184 e. The smallest absolute Gasteiger partial charge is 0.184 e. The molecule has 7 aromatic rings. The predicted molar refractivity (Wildman–Crippen MR) is 131 cm³/mol. The maximum atomic E-state index is 4.97. The molecule has 0 unspecified atom stereocenters. The summed E-state index contributed by atoms with van der Waals surface area (Å²) in [6.07, 6.45) is 0. The molecular weight excluding hydrogens is 406 g/mol. The van der Waals surface area contributed by atoms with E-state index in [-0.39, 0.29) is 0 Å². The molecule has 33 heavy (non-hydrogen) atoms. The Morgan fingerprint density at radius 1 is 0.455 bits per heavy atom. The van der Waals surface area contributed by atoms with Crippen molar-refractivity contribution in [3.8, 4) is 34.3 Å². The minimum absolute atomic E-state index is 0.573. The van der Waals surface area contributed by atoms with Gasteiger partial charge in [0.25, 0.3) is 0 Å². The lowest BCUT2D eigenvalue weighted by molar-refractivity contribution is 1.07. The summed E-state index contributed by atoms with van der Waals surface area (Å²) < 4.78 is 2.20. The third-order valence-corrected chi connectivity index (χ3v) is 6.01. The van der Waals surface area contributed by atoms with Gasteiger partial charge in [-0.2, -0.15) is 0 Å². The first-order chi connectivity index (χ1) is 16.4. The highest BCUT2D eigenvalue weighted by Crippen LogP contribution is 2.36. The van der Waals surface area contributed by atoms with Crippen LogP contribution in [-0.2, 0) is 0 Å². The van der Waals surface area contributed by atoms with E-state index in [0.717, 1.165) is 38.9 Å². The Kier molecular flexibility index (Phi) is 3.78. The van der Waals surface area contributed by atoms with E-state index >= 15 is 0 Å². The molecule has 0 bridgehead atoms. The molecule has 154 valence electrons. The van der Waals surface area contributed by atoms with Crippen LogP contribution in [0.3, 0.4) is 0 Å². The molecule has 0 atom stereocenters. The van der Waals surface area contributed by atoms with Crippen molar-refractivity contribution in [1.29, 1.82) is 0 Å². The Balaban J connectivity index is 1.57. The summed E-state index contributed by atoms with van der Waals surface area (Å²) in [6, 6.07) is 34.7. The van der Waals surface area contributed by atoms with Gasteiger partial charge >= 0.3 is 0 Å². The molecule has 0 saturated heterocycles. The number of imidazole rings is 1. The zero-order valence-corrected chi connectivity index (χ0v) is 17.6. The Morgan fingerprint density at radius 3 is 1.70 bits per heavy atom. The monoisotopic (exact) mass is 423 g/mol. The van der Waals surface area contributed by atoms with Crippen LogP contribution in [0.1, 0.15) is 0 Å². The van der Waals surface area contributed by atoms with Crippen LogP contribution in [0.4, 0.5) is 0 Å². The lowest BCUT2D eigenvalue weighted by atomic mass is 10.1. The molecule has 0 N–H and O–H groups in total. The van der Waals surface area contributed by atoms with E-state index in [0.29, 0.717) is 17.5 Å². The highest BCUT2D eigenvalue weighted by molar-refractivity contribution is 6.13. The lowest BCUT2D eigenvalue weighted by Crippen LogP contribution is -2.00. The van der Waals surface area contributed by atoms with Crippen LogP contribution < -0.4 is 0 Å². The molecule has 4 aromatic heterocycles. The van der Waals surface area contributed by atoms with Gasteiger partial charge in [0.2, 0.25) is 0 Å². The largest absolute Gasteiger partial charge is 0.291 e. The second kappa shape index (κ2) is 6.93. The number of hydrogen-bond donors (Lipinski definition) is 0. The minimum atomic E-state index is 0.573. The molecule has 5 heteroatoms. The van der Waals surface area contributed by atoms with Crippen molar-refractivity contribution >= 4 is 27.5 Å². The van der Waals surface area contributed by atoms with Crippen molar-refractivity contribution in [2.24, 2.45) is 0 Å². The number of hydrogen-bond acceptors (Lipinski definition) is 4. The Labute approximate surface area is 189 Å². The number of fused-ring (bicyclic) bond motifs is 3. The van der Waals surface area contributed by atoms with Gasteiger partial charge in [0.15, 0.2) is 17.5 Å². The third-order valence-electron chi connectivity index (χ3n) is 6.01. The van der Waals surface area contributed by atoms with Crippen LogP contribution in [0.15, 0.2) is 103 Å². The summed E-state index contributed by atoms with van der Waals surface area (Å²) in [5, 5.41) is 2.34. The van der Waals surface area contributed by atoms with Crippen LogP contribution in [0.2, 0.25) is 0 Å². The van der Waals surface area contributed by atoms with Crippen LogP contribution in [0.5, 0.6) is 0 Å². The van der Waals surface area contributed by atoms with E-state index in [2.05, 4.69) is 34.7 Å². The van der Waals surface area contributed by atoms with E-state index in [4.69, 9.17) is 19.9 Å². The first-order valence-electron chi connectivity index (χ1n) is 10.9. The predicted octanol–water partition coefficient (Wildman–Crippen LogP) is 6.26. The highest BCUT2D eigenvalue weighted by Gasteiger charge is 2.21. The van der Waals surface area contributed by atoms with E-state index < -0.39 is 0 Å². The molecule has 0 spiro atoms. The van der Waals surface area contributed by atoms with Crippen LogP contribution in [-0.4, -0.2) is 24.3 Å². The number of benzene rings is 3. The van der Waals surface area contributed by atoms with Gasteiger partial charge < -0.3 is 0 Å². The average Bonchev–Trinajstić information content (AvgIpc) is 3.45. The van der Waals surface area contributed by atoms with Crippen LogP contribution >= 0.6 is 0 Å². The van der Waals surface area contributed by atoms with Crippen molar-refractivity contribution in [2.75, 3.05) is 0 Å². The van der Waals surface area contributed by atoms with Crippen molar-refractivity contribution in [2.45, 2.75) is 0 Å². The van der Waals surface area contributed by atoms with Gasteiger partial charge in [-0.25, -0.2) is 19.9 Å². The lowest BCUT2D eigenvalue weighted by Gasteiger charge is -2.07. The molecule has 4 heterocycles. The van der Waals surface area contributed by atoms with E-state index in [1.807, 2.05) is 72.8 Å². The SMILES string of the molecule is c1ccc(-c2nc(-c3ccccc3)nc(-c3nc4cccc5c6ccccc6c3n45)n2)cc1. The number of nitrogens with zero attached hydrogens (tertiary/aromatic N) is 5. The Bertz CT molecular complexity index is 1700. The van der Waals surface area contributed by atoms with Crippen molar-refractivity contribution in [1.82, 2.24) is 24.3 Å². The summed E-state index contributed by atoms with van der Waals surface area (Å²) >= 11 is 0. The second-order valence-corrected chi connectivity index (χ2v) is 8.00. The zero-order valence-electron chi connectivity index (χ0n) is 17.6. The molecule has 0 aliphatic rings. The van der Waals surface area contributed by atoms with Crippen LogP contribution in [0.25, 0.3) is 61.7 Å². The first kappa shape index (κ1) is 18.0. The first-order valence-corrected chi connectivity index (χ1v) is 10.9. The summed E-state index contributed by atoms with van der Waals surface area (Å²) in [5.74, 6) is 1.84. The maximum absolute atomic E-state index is 4.97. The Hall–Kier alpha value is -4.64. The number of aromatic nitrogens is 5. The van der Waals surface area contributed by atoms with Crippen molar-refractivity contribution in [3.63, 3.8) is 0 Å². The quantitative estimate of drug-likeness (QED) is 0.336. The zero-order chi connectivity index (χ0) is 21.8. The van der Waals surface area contributed by atoms with Gasteiger partial charge in [-0.15, -0.1) is 0 Å². The number of pyridine rings is 1. The molecule has 0 fully saturated rings. The van der Waals surface area contributed by atoms with Crippen molar-refractivity contribution in [3.05, 3.63) is 103 Å². The summed E-state index contributed by atoms with van der Waals surface area (Å²) in [5.41, 5.74) is 5.71. The summed E-state index contributed by atoms with van der Waals surface area (Å²) in [7, 11) is 0. The molecule has 0 aliphatic carbocycles. The van der Waals surface area contributed by atoms with Crippen LogP contribution in [0, 0.1) is 0 Å². The highest BCUT2D eigenvalue weighted by atomic mass is 15.1. The second-order valence-electron chi connectivity index (χ2n) is 8.00. The minimum Gasteiger partial charge on any atom is -0.291 e. The van der Waals surface area contributed by atoms with E-state index in [1.54, 1.807) is 0 Å². The normalized spacial score (nSPS) is 11.6. The topological polar surface area (TPSA) is 56.0 Å². The van der Waals surface area contributed by atoms with Gasteiger partial charge in [-0.1, -0.05) is 91.0 Å². The molecule has 0 amide bonds. The molecule has 7 rings (SSSR count). The van der Waals surface area contributed by atoms with Crippen molar-refractivity contribution < 1.29 is 0 Å². The fourth-order valence-electron chi connectivity index (χ4n) is 4.54. The summed E-state index contributed by atoms with van der Waals surface area (Å²) in [4.78, 5) is 19.6. The molecular formula is C28H17N5. The van der Waals surface area contributed by atoms with Gasteiger partial charge in [0.05, 0.1) is 11.0 Å². The molecule has 0 saturated carbocycles. The molecule has 3 aromatic carbocycles. The molecule has 0 aliphatic heterocycles. The summed E-state index contributed by atoms with van der Waals surface area (Å²) in [6.45, 7) is 0. The van der Waals surface area contributed by atoms with Gasteiger partial charge in [0, 0.05) is 21.9 Å². The average molecular weight is 423 g/mol. The standard InChI is InChI=1S/C28H17N5/c1-3-10-18(11-4-1)26-30-27(19-12-5-2-6-13-19)32-28(31-26)24-25-21-15-8-7-14-20(21)22-16-9-17-23(29-24)33(22)25/h1-17H. The Morgan fingerprint density at radius 2 is 1.03 bits per heavy atom. The van der Waals surface area contributed by atoms with Gasteiger partial charge in [-0.05, 0) is 12.1 Å². The number of rotatable bonds is 3. The molecule has 0 radical (unpaired) electrons. The fraction of sp³-hybridized carbons (Fsp3) is 0. The van der Waals surface area contributed by atoms with Gasteiger partial charge in [0.1, 0.15) is 11.3 Å².